The molecule has 0 fully saturated rings. The summed E-state index contributed by atoms with van der Waals surface area (Å²) in [7, 11) is 0. The third-order valence-corrected chi connectivity index (χ3v) is 3.64. The average molecular weight is 359 g/mol. The van der Waals surface area contributed by atoms with E-state index in [1.54, 1.807) is 0 Å². The van der Waals surface area contributed by atoms with Gasteiger partial charge in [0.2, 0.25) is 0 Å². The van der Waals surface area contributed by atoms with Gasteiger partial charge in [-0.25, -0.2) is 18.6 Å². The molecule has 0 amide bonds. The second kappa shape index (κ2) is 6.75. The first-order valence-electron chi connectivity index (χ1n) is 7.00. The molecule has 0 unspecified atom stereocenters. The van der Waals surface area contributed by atoms with Gasteiger partial charge in [0, 0.05) is 5.69 Å². The largest absolute Gasteiger partial charge is 0.477 e. The lowest BCUT2D eigenvalue weighted by atomic mass is 10.2. The number of aromatic carboxylic acids is 1. The number of aromatic nitrogens is 2. The lowest BCUT2D eigenvalue weighted by Crippen LogP contribution is -2.08. The molecular weight excluding hydrogens is 350 g/mol. The molecule has 0 aliphatic rings. The van der Waals surface area contributed by atoms with Crippen molar-refractivity contribution in [3.05, 3.63) is 82.4 Å². The smallest absolute Gasteiger partial charge is 0.354 e. The van der Waals surface area contributed by atoms with Crippen molar-refractivity contribution >= 4 is 17.6 Å². The number of carboxylic acid groups (broad SMARTS) is 1. The van der Waals surface area contributed by atoms with Crippen molar-refractivity contribution in [2.24, 2.45) is 0 Å². The fourth-order valence-corrected chi connectivity index (χ4v) is 2.39. The number of halogens is 3. The van der Waals surface area contributed by atoms with Gasteiger partial charge >= 0.3 is 5.97 Å². The number of hydrogen-bond donors (Lipinski definition) is 1. The summed E-state index contributed by atoms with van der Waals surface area (Å²) in [6, 6.07) is 9.31. The molecule has 0 saturated heterocycles. The number of carbonyl (C=O) groups is 1. The Kier molecular flexibility index (Phi) is 4.50. The van der Waals surface area contributed by atoms with Crippen LogP contribution in [-0.2, 0) is 0 Å². The third-order valence-electron chi connectivity index (χ3n) is 3.33. The van der Waals surface area contributed by atoms with Crippen molar-refractivity contribution in [2.75, 3.05) is 0 Å². The minimum atomic E-state index is -1.23. The van der Waals surface area contributed by atoms with Crippen LogP contribution in [0.4, 0.5) is 8.78 Å². The monoisotopic (exact) mass is 358 g/mol. The van der Waals surface area contributed by atoms with E-state index in [0.717, 1.165) is 6.20 Å². The second-order valence-electron chi connectivity index (χ2n) is 4.93. The Labute approximate surface area is 146 Å². The summed E-state index contributed by atoms with van der Waals surface area (Å²) in [4.78, 5) is 15.4. The molecule has 0 saturated carbocycles. The van der Waals surface area contributed by atoms with Crippen LogP contribution in [0.5, 0.6) is 0 Å². The molecule has 1 aromatic heterocycles. The van der Waals surface area contributed by atoms with Crippen LogP contribution in [-0.4, -0.2) is 20.6 Å². The molecule has 2 aromatic carbocycles. The predicted octanol–water partition coefficient (Wildman–Crippen LogP) is 3.90. The SMILES string of the molecule is O=C(O)c1cnc(C#Cc2c(F)cccc2Cl)n1-c1ccc(F)cc1. The first kappa shape index (κ1) is 16.7. The number of nitrogens with zero attached hydrogens (tertiary/aromatic N) is 2. The quantitative estimate of drug-likeness (QED) is 0.707. The molecule has 1 N–H and O–H groups in total. The van der Waals surface area contributed by atoms with Crippen molar-refractivity contribution in [1.82, 2.24) is 9.55 Å². The molecule has 3 rings (SSSR count). The number of rotatable bonds is 2. The maximum atomic E-state index is 13.8. The van der Waals surface area contributed by atoms with Gasteiger partial charge in [0.15, 0.2) is 11.5 Å². The topological polar surface area (TPSA) is 55.1 Å². The molecule has 0 spiro atoms. The minimum absolute atomic E-state index is 0.0188. The van der Waals surface area contributed by atoms with Crippen LogP contribution >= 0.6 is 11.6 Å². The molecule has 0 aliphatic heterocycles. The van der Waals surface area contributed by atoms with Gasteiger partial charge in [-0.3, -0.25) is 4.57 Å². The van der Waals surface area contributed by atoms with E-state index in [1.165, 1.54) is 47.0 Å². The standard InChI is InChI=1S/C18H9ClF2N2O2/c19-14-2-1-3-15(21)13(14)8-9-17-22-10-16(18(24)25)23(17)12-6-4-11(20)5-7-12/h1-7,10H,(H,24,25). The predicted molar refractivity (Wildman–Crippen MR) is 87.9 cm³/mol. The highest BCUT2D eigenvalue weighted by Gasteiger charge is 2.16. The molecule has 1 heterocycles. The number of benzene rings is 2. The lowest BCUT2D eigenvalue weighted by molar-refractivity contribution is 0.0688. The number of hydrogen-bond acceptors (Lipinski definition) is 2. The van der Waals surface area contributed by atoms with Crippen molar-refractivity contribution in [3.63, 3.8) is 0 Å². The Morgan fingerprint density at radius 2 is 1.84 bits per heavy atom. The highest BCUT2D eigenvalue weighted by Crippen LogP contribution is 2.19. The fraction of sp³-hybridized carbons (Fsp3) is 0. The van der Waals surface area contributed by atoms with Crippen LogP contribution in [0.1, 0.15) is 21.9 Å². The van der Waals surface area contributed by atoms with Crippen LogP contribution in [0, 0.1) is 23.5 Å². The van der Waals surface area contributed by atoms with E-state index in [2.05, 4.69) is 16.8 Å². The number of carboxylic acids is 1. The molecule has 0 aliphatic carbocycles. The summed E-state index contributed by atoms with van der Waals surface area (Å²) >= 11 is 5.92. The summed E-state index contributed by atoms with van der Waals surface area (Å²) in [6.07, 6.45) is 1.12. The van der Waals surface area contributed by atoms with E-state index >= 15 is 0 Å². The van der Waals surface area contributed by atoms with Gasteiger partial charge in [-0.2, -0.15) is 0 Å². The Morgan fingerprint density at radius 3 is 2.48 bits per heavy atom. The summed E-state index contributed by atoms with van der Waals surface area (Å²) in [6.45, 7) is 0. The van der Waals surface area contributed by atoms with Gasteiger partial charge in [0.05, 0.1) is 16.8 Å². The van der Waals surface area contributed by atoms with Crippen LogP contribution in [0.3, 0.4) is 0 Å². The van der Waals surface area contributed by atoms with Crippen LogP contribution < -0.4 is 0 Å². The van der Waals surface area contributed by atoms with E-state index in [1.807, 2.05) is 0 Å². The molecule has 7 heteroatoms. The number of imidazole rings is 1. The summed E-state index contributed by atoms with van der Waals surface area (Å²) in [5, 5.41) is 9.43. The van der Waals surface area contributed by atoms with Gasteiger partial charge in [-0.15, -0.1) is 0 Å². The molecule has 0 atom stereocenters. The maximum absolute atomic E-state index is 13.8. The Balaban J connectivity index is 2.14. The average Bonchev–Trinajstić information content (AvgIpc) is 2.99. The van der Waals surface area contributed by atoms with Crippen LogP contribution in [0.15, 0.2) is 48.7 Å². The summed E-state index contributed by atoms with van der Waals surface area (Å²) in [5.41, 5.74) is 0.186. The van der Waals surface area contributed by atoms with E-state index in [9.17, 15) is 18.7 Å². The molecule has 25 heavy (non-hydrogen) atoms. The summed E-state index contributed by atoms with van der Waals surface area (Å²) in [5.74, 6) is 2.95. The zero-order chi connectivity index (χ0) is 18.0. The van der Waals surface area contributed by atoms with Crippen LogP contribution in [0.2, 0.25) is 5.02 Å². The first-order valence-corrected chi connectivity index (χ1v) is 7.38. The normalized spacial score (nSPS) is 10.2. The zero-order valence-corrected chi connectivity index (χ0v) is 13.3. The van der Waals surface area contributed by atoms with Crippen LogP contribution in [0.25, 0.3) is 5.69 Å². The lowest BCUT2D eigenvalue weighted by Gasteiger charge is -2.07. The van der Waals surface area contributed by atoms with Crippen molar-refractivity contribution in [1.29, 1.82) is 0 Å². The van der Waals surface area contributed by atoms with E-state index in [-0.39, 0.29) is 22.1 Å². The van der Waals surface area contributed by atoms with Crippen molar-refractivity contribution in [3.8, 4) is 17.5 Å². The van der Waals surface area contributed by atoms with E-state index < -0.39 is 17.6 Å². The molecule has 0 bridgehead atoms. The molecular formula is C18H9ClF2N2O2. The third kappa shape index (κ3) is 3.37. The molecule has 124 valence electrons. The fourth-order valence-electron chi connectivity index (χ4n) is 2.18. The van der Waals surface area contributed by atoms with Gasteiger partial charge < -0.3 is 5.11 Å². The zero-order valence-electron chi connectivity index (χ0n) is 12.5. The molecule has 3 aromatic rings. The van der Waals surface area contributed by atoms with E-state index in [0.29, 0.717) is 5.69 Å². The van der Waals surface area contributed by atoms with Gasteiger partial charge in [0.25, 0.3) is 0 Å². The van der Waals surface area contributed by atoms with Crippen molar-refractivity contribution < 1.29 is 18.7 Å². The summed E-state index contributed by atoms with van der Waals surface area (Å²) < 4.78 is 28.2. The van der Waals surface area contributed by atoms with Gasteiger partial charge in [-0.05, 0) is 42.3 Å². The molecule has 4 nitrogen and oxygen atoms in total. The van der Waals surface area contributed by atoms with Gasteiger partial charge in [0.1, 0.15) is 11.6 Å². The first-order chi connectivity index (χ1) is 12.0. The minimum Gasteiger partial charge on any atom is -0.477 e. The Morgan fingerprint density at radius 1 is 1.12 bits per heavy atom. The highest BCUT2D eigenvalue weighted by atomic mass is 35.5. The molecule has 0 radical (unpaired) electrons. The van der Waals surface area contributed by atoms with Gasteiger partial charge in [-0.1, -0.05) is 23.6 Å². The Hall–Kier alpha value is -3.17. The Bertz CT molecular complexity index is 998. The van der Waals surface area contributed by atoms with E-state index in [4.69, 9.17) is 11.6 Å². The highest BCUT2D eigenvalue weighted by molar-refractivity contribution is 6.31. The maximum Gasteiger partial charge on any atom is 0.354 e. The van der Waals surface area contributed by atoms with Crippen molar-refractivity contribution in [2.45, 2.75) is 0 Å². The second-order valence-corrected chi connectivity index (χ2v) is 5.34.